The Morgan fingerprint density at radius 2 is 2.57 bits per heavy atom. The van der Waals surface area contributed by atoms with E-state index in [0.29, 0.717) is 0 Å². The molecular formula is CH5BN3OP. The van der Waals surface area contributed by atoms with Gasteiger partial charge in [-0.1, -0.05) is 0 Å². The third-order valence-corrected chi connectivity index (χ3v) is 0.621. The van der Waals surface area contributed by atoms with Crippen molar-refractivity contribution in [1.29, 1.82) is 5.41 Å². The van der Waals surface area contributed by atoms with Crippen LogP contribution >= 0.6 is 8.34 Å². The number of nitrogens with two attached hydrogens (primary N) is 1. The first-order valence-electron chi connectivity index (χ1n) is 1.64. The summed E-state index contributed by atoms with van der Waals surface area (Å²) >= 11 is 0. The van der Waals surface area contributed by atoms with Crippen LogP contribution in [0.3, 0.4) is 0 Å². The minimum atomic E-state index is -0.150. The van der Waals surface area contributed by atoms with E-state index in [-0.39, 0.29) is 21.4 Å². The fourth-order valence-corrected chi connectivity index (χ4v) is 0.352. The largest absolute Gasteiger partial charge is 0.392 e. The zero-order valence-corrected chi connectivity index (χ0v) is 4.53. The van der Waals surface area contributed by atoms with E-state index >= 15 is 0 Å². The molecule has 0 aliphatic rings. The molecule has 0 aromatic rings. The van der Waals surface area contributed by atoms with Gasteiger partial charge in [0.05, 0.1) is 0 Å². The monoisotopic (exact) mass is 117 g/mol. The minimum absolute atomic E-state index is 0.0417. The van der Waals surface area contributed by atoms with Crippen LogP contribution in [-0.4, -0.2) is 13.1 Å². The zero-order chi connectivity index (χ0) is 5.70. The molecular weight excluding hydrogens is 112 g/mol. The summed E-state index contributed by atoms with van der Waals surface area (Å²) in [4.78, 5) is 0. The molecule has 0 fully saturated rings. The van der Waals surface area contributed by atoms with E-state index in [1.165, 1.54) is 0 Å². The predicted octanol–water partition coefficient (Wildman–Crippen LogP) is -0.972. The van der Waals surface area contributed by atoms with Crippen LogP contribution in [0.1, 0.15) is 0 Å². The average Bonchev–Trinajstić information content (AvgIpc) is 1.61. The summed E-state index contributed by atoms with van der Waals surface area (Å²) in [7, 11) is 0.176. The molecule has 6 heteroatoms. The van der Waals surface area contributed by atoms with Gasteiger partial charge < -0.3 is 11.0 Å². The maximum absolute atomic E-state index is 9.59. The standard InChI is InChI=1S/CH5BN3OP/c3-1(4)5-2-7-6/h2H,(H4,3,4,5). The van der Waals surface area contributed by atoms with Crippen LogP contribution in [0.2, 0.25) is 0 Å². The molecule has 4 N–H and O–H groups in total. The number of guanidine groups is 1. The number of hydrogen-bond donors (Lipinski definition) is 3. The van der Waals surface area contributed by atoms with Gasteiger partial charge in [0.1, 0.15) is 8.34 Å². The highest BCUT2D eigenvalue weighted by atomic mass is 31.1. The van der Waals surface area contributed by atoms with Crippen LogP contribution < -0.4 is 11.0 Å². The number of hydrogen-bond acceptors (Lipinski definition) is 2. The van der Waals surface area contributed by atoms with Gasteiger partial charge in [0.2, 0.25) is 0 Å². The van der Waals surface area contributed by atoms with Gasteiger partial charge in [-0.2, -0.15) is 0 Å². The third-order valence-electron chi connectivity index (χ3n) is 0.334. The third kappa shape index (κ3) is 5.43. The molecule has 0 saturated heterocycles. The lowest BCUT2D eigenvalue weighted by Gasteiger charge is -1.90. The van der Waals surface area contributed by atoms with Crippen molar-refractivity contribution in [2.45, 2.75) is 0 Å². The van der Waals surface area contributed by atoms with Crippen molar-refractivity contribution in [2.24, 2.45) is 5.73 Å². The normalized spacial score (nSPS) is 8.00. The van der Waals surface area contributed by atoms with Gasteiger partial charge in [-0.05, 0) is 0 Å². The minimum Gasteiger partial charge on any atom is -0.392 e. The van der Waals surface area contributed by atoms with Crippen LogP contribution in [0, 0.1) is 5.41 Å². The number of nitrogens with one attached hydrogen (secondary N) is 2. The van der Waals surface area contributed by atoms with E-state index in [2.05, 4.69) is 5.23 Å². The summed E-state index contributed by atoms with van der Waals surface area (Å²) < 4.78 is 9.59. The lowest BCUT2D eigenvalue weighted by atomic mass is 10.4. The Labute approximate surface area is 43.4 Å². The van der Waals surface area contributed by atoms with Gasteiger partial charge in [0.25, 0.3) is 0 Å². The maximum atomic E-state index is 9.59. The Morgan fingerprint density at radius 3 is 2.71 bits per heavy atom. The molecule has 0 atom stereocenters. The molecule has 0 heterocycles. The smallest absolute Gasteiger partial charge is 0.349 e. The van der Waals surface area contributed by atoms with Crippen LogP contribution in [0.25, 0.3) is 0 Å². The Hall–Kier alpha value is -0.565. The van der Waals surface area contributed by atoms with Gasteiger partial charge >= 0.3 is 7.13 Å². The Balaban J connectivity index is 2.97. The fraction of sp³-hybridized carbons (Fsp3) is 0. The highest BCUT2D eigenvalue weighted by Gasteiger charge is 1.85. The summed E-state index contributed by atoms with van der Waals surface area (Å²) in [6.07, 6.45) is 0. The van der Waals surface area contributed by atoms with E-state index in [1.54, 1.807) is 0 Å². The van der Waals surface area contributed by atoms with Gasteiger partial charge in [0, 0.05) is 0 Å². The molecule has 0 rings (SSSR count). The zero-order valence-electron chi connectivity index (χ0n) is 3.64. The molecule has 38 valence electrons. The predicted molar refractivity (Wildman–Crippen MR) is 29.8 cm³/mol. The van der Waals surface area contributed by atoms with Crippen molar-refractivity contribution < 1.29 is 4.57 Å². The van der Waals surface area contributed by atoms with Gasteiger partial charge in [-0.15, -0.1) is 0 Å². The van der Waals surface area contributed by atoms with E-state index in [4.69, 9.17) is 11.1 Å². The van der Waals surface area contributed by atoms with Crippen molar-refractivity contribution in [2.75, 3.05) is 0 Å². The molecule has 0 amide bonds. The van der Waals surface area contributed by atoms with Gasteiger partial charge in [-0.3, -0.25) is 9.97 Å². The summed E-state index contributed by atoms with van der Waals surface area (Å²) in [5, 5.41) is 8.85. The fourth-order valence-electron chi connectivity index (χ4n) is 0.117. The van der Waals surface area contributed by atoms with Crippen LogP contribution in [0.5, 0.6) is 0 Å². The maximum Gasteiger partial charge on any atom is 0.349 e. The molecule has 0 aliphatic heterocycles. The van der Waals surface area contributed by atoms with E-state index in [1.807, 2.05) is 0 Å². The Morgan fingerprint density at radius 1 is 2.00 bits per heavy atom. The molecule has 0 radical (unpaired) electrons. The van der Waals surface area contributed by atoms with Crippen molar-refractivity contribution in [3.05, 3.63) is 0 Å². The van der Waals surface area contributed by atoms with Gasteiger partial charge in [0.15, 0.2) is 5.96 Å². The molecule has 7 heavy (non-hydrogen) atoms. The topological polar surface area (TPSA) is 79.0 Å². The number of rotatable bonds is 2. The summed E-state index contributed by atoms with van der Waals surface area (Å²) in [6.45, 7) is 0. The summed E-state index contributed by atoms with van der Waals surface area (Å²) in [5.74, 6) is -0.150. The van der Waals surface area contributed by atoms with E-state index in [9.17, 15) is 4.57 Å². The van der Waals surface area contributed by atoms with Crippen molar-refractivity contribution >= 4 is 21.4 Å². The molecule has 0 spiro atoms. The lowest BCUT2D eigenvalue weighted by molar-refractivity contribution is 0.604. The molecule has 0 aromatic heterocycles. The van der Waals surface area contributed by atoms with Crippen molar-refractivity contribution in [3.8, 4) is 0 Å². The molecule has 0 unspecified atom stereocenters. The van der Waals surface area contributed by atoms with Crippen molar-refractivity contribution in [3.63, 3.8) is 0 Å². The lowest BCUT2D eigenvalue weighted by Crippen LogP contribution is -2.30. The summed E-state index contributed by atoms with van der Waals surface area (Å²) in [6, 6.07) is 0. The highest BCUT2D eigenvalue weighted by Crippen LogP contribution is 1.76. The Bertz CT molecular complexity index is 85.0. The highest BCUT2D eigenvalue weighted by molar-refractivity contribution is 7.60. The molecule has 0 aliphatic carbocycles. The quantitative estimate of drug-likeness (QED) is 0.188. The first-order valence-corrected chi connectivity index (χ1v) is 2.64. The second kappa shape index (κ2) is 3.62. The Kier molecular flexibility index (Phi) is 3.33. The average molecular weight is 117 g/mol. The second-order valence-electron chi connectivity index (χ2n) is 0.878. The first-order chi connectivity index (χ1) is 3.27. The SMILES string of the molecule is N=C(N)NBP=O. The molecule has 4 nitrogen and oxygen atoms in total. The summed E-state index contributed by atoms with van der Waals surface area (Å²) in [5.41, 5.74) is 4.81. The van der Waals surface area contributed by atoms with Crippen LogP contribution in [0.15, 0.2) is 0 Å². The molecule has 0 aromatic carbocycles. The van der Waals surface area contributed by atoms with Gasteiger partial charge in [-0.25, -0.2) is 0 Å². The van der Waals surface area contributed by atoms with Crippen LogP contribution in [-0.2, 0) is 4.57 Å². The molecule has 0 bridgehead atoms. The first kappa shape index (κ1) is 6.43. The second-order valence-corrected chi connectivity index (χ2v) is 1.45. The van der Waals surface area contributed by atoms with E-state index in [0.717, 1.165) is 0 Å². The van der Waals surface area contributed by atoms with Crippen molar-refractivity contribution in [1.82, 2.24) is 5.23 Å². The van der Waals surface area contributed by atoms with Crippen LogP contribution in [0.4, 0.5) is 0 Å². The van der Waals surface area contributed by atoms with E-state index < -0.39 is 0 Å². The molecule has 0 saturated carbocycles.